The van der Waals surface area contributed by atoms with Crippen LogP contribution in [-0.4, -0.2) is 24.3 Å². The molecule has 1 aromatic rings. The second-order valence-electron chi connectivity index (χ2n) is 4.34. The van der Waals surface area contributed by atoms with E-state index in [4.69, 9.17) is 23.1 Å². The van der Waals surface area contributed by atoms with Gasteiger partial charge in [0.15, 0.2) is 0 Å². The molecule has 3 amide bonds. The SMILES string of the molecule is NC(=O)c1ccc(Cl)c(N2C[C@@H](C(N)=O)CC2=O)c1. The number of nitrogens with zero attached hydrogens (tertiary/aromatic N) is 1. The van der Waals surface area contributed by atoms with Gasteiger partial charge in [-0.2, -0.15) is 0 Å². The lowest BCUT2D eigenvalue weighted by Crippen LogP contribution is -2.28. The lowest BCUT2D eigenvalue weighted by molar-refractivity contribution is -0.123. The quantitative estimate of drug-likeness (QED) is 0.831. The van der Waals surface area contributed by atoms with Gasteiger partial charge in [0.25, 0.3) is 0 Å². The summed E-state index contributed by atoms with van der Waals surface area (Å²) in [5, 5.41) is 0.309. The number of anilines is 1. The molecule has 6 nitrogen and oxygen atoms in total. The zero-order valence-corrected chi connectivity index (χ0v) is 10.7. The van der Waals surface area contributed by atoms with Gasteiger partial charge >= 0.3 is 0 Å². The van der Waals surface area contributed by atoms with E-state index in [1.807, 2.05) is 0 Å². The number of carbonyl (C=O) groups is 3. The van der Waals surface area contributed by atoms with Crippen LogP contribution in [0.5, 0.6) is 0 Å². The Morgan fingerprint density at radius 1 is 1.32 bits per heavy atom. The van der Waals surface area contributed by atoms with Gasteiger partial charge in [0.05, 0.1) is 16.6 Å². The van der Waals surface area contributed by atoms with Gasteiger partial charge in [-0.15, -0.1) is 0 Å². The van der Waals surface area contributed by atoms with E-state index in [2.05, 4.69) is 0 Å². The molecule has 1 aliphatic rings. The Kier molecular flexibility index (Phi) is 3.44. The maximum Gasteiger partial charge on any atom is 0.248 e. The summed E-state index contributed by atoms with van der Waals surface area (Å²) < 4.78 is 0. The van der Waals surface area contributed by atoms with E-state index in [0.717, 1.165) is 0 Å². The minimum Gasteiger partial charge on any atom is -0.369 e. The summed E-state index contributed by atoms with van der Waals surface area (Å²) in [6, 6.07) is 4.40. The first-order valence-electron chi connectivity index (χ1n) is 5.59. The monoisotopic (exact) mass is 281 g/mol. The molecule has 2 rings (SSSR count). The number of halogens is 1. The smallest absolute Gasteiger partial charge is 0.248 e. The van der Waals surface area contributed by atoms with Crippen LogP contribution in [0.3, 0.4) is 0 Å². The Hall–Kier alpha value is -2.08. The van der Waals surface area contributed by atoms with Crippen molar-refractivity contribution in [3.05, 3.63) is 28.8 Å². The third-order valence-electron chi connectivity index (χ3n) is 3.05. The van der Waals surface area contributed by atoms with Gasteiger partial charge in [0.2, 0.25) is 17.7 Å². The number of benzene rings is 1. The highest BCUT2D eigenvalue weighted by atomic mass is 35.5. The van der Waals surface area contributed by atoms with Crippen molar-refractivity contribution < 1.29 is 14.4 Å². The van der Waals surface area contributed by atoms with Gasteiger partial charge in [0, 0.05) is 18.5 Å². The largest absolute Gasteiger partial charge is 0.369 e. The van der Waals surface area contributed by atoms with Gasteiger partial charge in [0.1, 0.15) is 0 Å². The molecular weight excluding hydrogens is 270 g/mol. The molecule has 1 heterocycles. The molecule has 1 saturated heterocycles. The summed E-state index contributed by atoms with van der Waals surface area (Å²) in [5.41, 5.74) is 11.0. The fraction of sp³-hybridized carbons (Fsp3) is 0.250. The van der Waals surface area contributed by atoms with Crippen molar-refractivity contribution in [3.8, 4) is 0 Å². The van der Waals surface area contributed by atoms with Crippen LogP contribution >= 0.6 is 11.6 Å². The Labute approximate surface area is 114 Å². The minimum atomic E-state index is -0.615. The molecule has 0 aromatic heterocycles. The predicted molar refractivity (Wildman–Crippen MR) is 69.6 cm³/mol. The van der Waals surface area contributed by atoms with Crippen LogP contribution in [-0.2, 0) is 9.59 Å². The second-order valence-corrected chi connectivity index (χ2v) is 4.75. The first kappa shape index (κ1) is 13.4. The zero-order chi connectivity index (χ0) is 14.2. The topological polar surface area (TPSA) is 106 Å². The van der Waals surface area contributed by atoms with Crippen LogP contribution in [0.2, 0.25) is 5.02 Å². The van der Waals surface area contributed by atoms with Crippen molar-refractivity contribution in [1.29, 1.82) is 0 Å². The van der Waals surface area contributed by atoms with Crippen LogP contribution < -0.4 is 16.4 Å². The maximum absolute atomic E-state index is 11.9. The normalized spacial score (nSPS) is 18.7. The number of rotatable bonds is 3. The fourth-order valence-electron chi connectivity index (χ4n) is 2.00. The highest BCUT2D eigenvalue weighted by Gasteiger charge is 2.34. The first-order valence-corrected chi connectivity index (χ1v) is 5.97. The number of carbonyl (C=O) groups excluding carboxylic acids is 3. The lowest BCUT2D eigenvalue weighted by Gasteiger charge is -2.18. The van der Waals surface area contributed by atoms with Crippen molar-refractivity contribution in [2.24, 2.45) is 17.4 Å². The summed E-state index contributed by atoms with van der Waals surface area (Å²) in [5.74, 6) is -1.94. The van der Waals surface area contributed by atoms with Crippen molar-refractivity contribution in [2.75, 3.05) is 11.4 Å². The Morgan fingerprint density at radius 2 is 2.00 bits per heavy atom. The highest BCUT2D eigenvalue weighted by Crippen LogP contribution is 2.32. The summed E-state index contributed by atoms with van der Waals surface area (Å²) in [6.07, 6.45) is 0.0481. The van der Waals surface area contributed by atoms with Crippen LogP contribution in [0, 0.1) is 5.92 Å². The second kappa shape index (κ2) is 4.89. The van der Waals surface area contributed by atoms with Crippen LogP contribution in [0.4, 0.5) is 5.69 Å². The molecule has 0 bridgehead atoms. The fourth-order valence-corrected chi connectivity index (χ4v) is 2.22. The molecule has 4 N–H and O–H groups in total. The standard InChI is InChI=1S/C12H12ClN3O3/c13-8-2-1-6(11(14)18)3-9(8)16-5-7(12(15)19)4-10(16)17/h1-3,7H,4-5H2,(H2,14,18)(H2,15,19)/t7-/m0/s1. The Morgan fingerprint density at radius 3 is 2.53 bits per heavy atom. The summed E-state index contributed by atoms with van der Waals surface area (Å²) >= 11 is 6.01. The molecule has 19 heavy (non-hydrogen) atoms. The molecule has 0 unspecified atom stereocenters. The minimum absolute atomic E-state index is 0.0481. The van der Waals surface area contributed by atoms with E-state index >= 15 is 0 Å². The molecule has 1 aromatic carbocycles. The van der Waals surface area contributed by atoms with Gasteiger partial charge in [-0.1, -0.05) is 11.6 Å². The molecule has 0 aliphatic carbocycles. The van der Waals surface area contributed by atoms with Gasteiger partial charge in [-0.05, 0) is 18.2 Å². The highest BCUT2D eigenvalue weighted by molar-refractivity contribution is 6.34. The molecule has 100 valence electrons. The Balaban J connectivity index is 2.36. The molecule has 0 saturated carbocycles. The molecule has 0 spiro atoms. The maximum atomic E-state index is 11.9. The third kappa shape index (κ3) is 2.53. The summed E-state index contributed by atoms with van der Waals surface area (Å²) in [4.78, 5) is 35.5. The molecule has 1 aliphatic heterocycles. The zero-order valence-electron chi connectivity index (χ0n) is 9.93. The number of nitrogens with two attached hydrogens (primary N) is 2. The first-order chi connectivity index (χ1) is 8.90. The van der Waals surface area contributed by atoms with Crippen LogP contribution in [0.15, 0.2) is 18.2 Å². The van der Waals surface area contributed by atoms with E-state index in [1.165, 1.54) is 23.1 Å². The third-order valence-corrected chi connectivity index (χ3v) is 3.37. The Bertz CT molecular complexity index is 573. The van der Waals surface area contributed by atoms with Crippen molar-refractivity contribution in [3.63, 3.8) is 0 Å². The van der Waals surface area contributed by atoms with Crippen LogP contribution in [0.25, 0.3) is 0 Å². The van der Waals surface area contributed by atoms with E-state index in [1.54, 1.807) is 0 Å². The molecule has 0 radical (unpaired) electrons. The molecular formula is C12H12ClN3O3. The van der Waals surface area contributed by atoms with Crippen molar-refractivity contribution in [2.45, 2.75) is 6.42 Å². The number of amides is 3. The molecule has 1 atom stereocenters. The van der Waals surface area contributed by atoms with Crippen molar-refractivity contribution in [1.82, 2.24) is 0 Å². The average molecular weight is 282 g/mol. The average Bonchev–Trinajstić information content (AvgIpc) is 2.72. The number of hydrogen-bond donors (Lipinski definition) is 2. The van der Waals surface area contributed by atoms with Crippen LogP contribution in [0.1, 0.15) is 16.8 Å². The molecule has 7 heteroatoms. The predicted octanol–water partition coefficient (Wildman–Crippen LogP) is 0.277. The van der Waals surface area contributed by atoms with Gasteiger partial charge in [-0.3, -0.25) is 14.4 Å². The summed E-state index contributed by atoms with van der Waals surface area (Å²) in [7, 11) is 0. The molecule has 1 fully saturated rings. The van der Waals surface area contributed by atoms with Gasteiger partial charge in [-0.25, -0.2) is 0 Å². The lowest BCUT2D eigenvalue weighted by atomic mass is 10.1. The van der Waals surface area contributed by atoms with E-state index in [9.17, 15) is 14.4 Å². The van der Waals surface area contributed by atoms with E-state index in [-0.39, 0.29) is 24.4 Å². The number of primary amides is 2. The van der Waals surface area contributed by atoms with E-state index < -0.39 is 17.7 Å². The van der Waals surface area contributed by atoms with E-state index in [0.29, 0.717) is 10.7 Å². The van der Waals surface area contributed by atoms with Crippen molar-refractivity contribution >= 4 is 35.0 Å². The van der Waals surface area contributed by atoms with Gasteiger partial charge < -0.3 is 16.4 Å². The number of hydrogen-bond acceptors (Lipinski definition) is 3. The summed E-state index contributed by atoms with van der Waals surface area (Å²) in [6.45, 7) is 0.163.